The molecule has 1 nitrogen and oxygen atoms in total. The zero-order chi connectivity index (χ0) is 7.49. The molecule has 0 aliphatic heterocycles. The van der Waals surface area contributed by atoms with Crippen molar-refractivity contribution >= 4 is 18.7 Å². The third-order valence-electron chi connectivity index (χ3n) is 0.660. The molecular formula is C6H15OPS. The highest BCUT2D eigenvalue weighted by atomic mass is 32.7. The molecule has 0 fully saturated rings. The lowest BCUT2D eigenvalue weighted by atomic mass is 10.3. The van der Waals surface area contributed by atoms with E-state index in [1.54, 1.807) is 7.11 Å². The molecule has 1 atom stereocenters. The largest absolute Gasteiger partial charge is 0.352 e. The van der Waals surface area contributed by atoms with E-state index in [4.69, 9.17) is 4.52 Å². The summed E-state index contributed by atoms with van der Waals surface area (Å²) in [6.07, 6.45) is 0. The summed E-state index contributed by atoms with van der Waals surface area (Å²) in [6, 6.07) is 0. The Hall–Kier alpha value is 0.740. The molecule has 0 aliphatic carbocycles. The predicted molar refractivity (Wildman–Crippen MR) is 47.2 cm³/mol. The Bertz CT molecular complexity index is 79.6. The number of hydrogen-bond acceptors (Lipinski definition) is 2. The lowest BCUT2D eigenvalue weighted by Gasteiger charge is -2.20. The second-order valence-corrected chi connectivity index (χ2v) is 7.57. The molecule has 0 radical (unpaired) electrons. The van der Waals surface area contributed by atoms with Gasteiger partial charge in [0.2, 0.25) is 0 Å². The van der Waals surface area contributed by atoms with E-state index in [-0.39, 0.29) is 7.35 Å². The maximum atomic E-state index is 5.15. The maximum Gasteiger partial charge on any atom is 0.0856 e. The second-order valence-electron chi connectivity index (χ2n) is 2.83. The lowest BCUT2D eigenvalue weighted by Crippen LogP contribution is -2.05. The van der Waals surface area contributed by atoms with Crippen LogP contribution in [0.1, 0.15) is 20.8 Å². The van der Waals surface area contributed by atoms with Crippen LogP contribution in [-0.4, -0.2) is 18.5 Å². The summed E-state index contributed by atoms with van der Waals surface area (Å²) in [6.45, 7) is 8.74. The van der Waals surface area contributed by atoms with Crippen molar-refractivity contribution in [3.63, 3.8) is 0 Å². The molecular weight excluding hydrogens is 151 g/mol. The molecule has 9 heavy (non-hydrogen) atoms. The zero-order valence-electron chi connectivity index (χ0n) is 6.76. The van der Waals surface area contributed by atoms with Gasteiger partial charge in [0.05, 0.1) is 7.35 Å². The maximum absolute atomic E-state index is 5.15. The summed E-state index contributed by atoms with van der Waals surface area (Å²) >= 11 is 1.90. The van der Waals surface area contributed by atoms with Crippen LogP contribution in [0.3, 0.4) is 0 Å². The molecule has 0 aromatic heterocycles. The molecule has 0 saturated heterocycles. The SMILES string of the molecule is COP(C)SC(C)(C)C. The quantitative estimate of drug-likeness (QED) is 0.583. The van der Waals surface area contributed by atoms with Gasteiger partial charge >= 0.3 is 0 Å². The summed E-state index contributed by atoms with van der Waals surface area (Å²) < 4.78 is 5.50. The van der Waals surface area contributed by atoms with Crippen LogP contribution < -0.4 is 0 Å². The normalized spacial score (nSPS) is 15.7. The fourth-order valence-electron chi connectivity index (χ4n) is 0.423. The average Bonchev–Trinajstić information content (AvgIpc) is 1.62. The first-order valence-corrected chi connectivity index (χ1v) is 6.05. The molecule has 0 heterocycles. The van der Waals surface area contributed by atoms with Crippen LogP contribution in [0.15, 0.2) is 0 Å². The van der Waals surface area contributed by atoms with Crippen molar-refractivity contribution in [3.8, 4) is 0 Å². The van der Waals surface area contributed by atoms with Crippen LogP contribution in [0.25, 0.3) is 0 Å². The zero-order valence-corrected chi connectivity index (χ0v) is 8.47. The molecule has 0 amide bonds. The third kappa shape index (κ3) is 6.63. The molecule has 0 rings (SSSR count). The first-order chi connectivity index (χ1) is 3.95. The Morgan fingerprint density at radius 2 is 1.78 bits per heavy atom. The minimum atomic E-state index is -0.250. The average molecular weight is 166 g/mol. The van der Waals surface area contributed by atoms with Gasteiger partial charge < -0.3 is 4.52 Å². The fourth-order valence-corrected chi connectivity index (χ4v) is 3.81. The third-order valence-corrected chi connectivity index (χ3v) is 4.84. The summed E-state index contributed by atoms with van der Waals surface area (Å²) in [5.41, 5.74) is 0. The van der Waals surface area contributed by atoms with Crippen molar-refractivity contribution in [1.82, 2.24) is 0 Å². The van der Waals surface area contributed by atoms with Crippen LogP contribution >= 0.6 is 18.7 Å². The summed E-state index contributed by atoms with van der Waals surface area (Å²) in [5.74, 6) is 0. The predicted octanol–water partition coefficient (Wildman–Crippen LogP) is 3.11. The Morgan fingerprint density at radius 1 is 1.33 bits per heavy atom. The van der Waals surface area contributed by atoms with Crippen molar-refractivity contribution < 1.29 is 4.52 Å². The highest BCUT2D eigenvalue weighted by Crippen LogP contribution is 2.52. The van der Waals surface area contributed by atoms with E-state index in [1.165, 1.54) is 0 Å². The molecule has 3 heteroatoms. The molecule has 1 unspecified atom stereocenters. The van der Waals surface area contributed by atoms with Crippen molar-refractivity contribution in [2.24, 2.45) is 0 Å². The van der Waals surface area contributed by atoms with Crippen LogP contribution in [0, 0.1) is 0 Å². The standard InChI is InChI=1S/C6H15OPS/c1-6(2,3)9-8(5)7-4/h1-5H3. The van der Waals surface area contributed by atoms with Crippen LogP contribution in [0.2, 0.25) is 0 Å². The van der Waals surface area contributed by atoms with Gasteiger partial charge in [0.25, 0.3) is 0 Å². The van der Waals surface area contributed by atoms with E-state index in [2.05, 4.69) is 27.4 Å². The summed E-state index contributed by atoms with van der Waals surface area (Å²) in [7, 11) is 1.52. The van der Waals surface area contributed by atoms with Crippen LogP contribution in [0.5, 0.6) is 0 Å². The van der Waals surface area contributed by atoms with Gasteiger partial charge in [-0.2, -0.15) is 0 Å². The minimum absolute atomic E-state index is 0.250. The van der Waals surface area contributed by atoms with Gasteiger partial charge in [-0.25, -0.2) is 0 Å². The molecule has 0 bridgehead atoms. The Kier molecular flexibility index (Phi) is 4.11. The summed E-state index contributed by atoms with van der Waals surface area (Å²) in [4.78, 5) is 0. The first kappa shape index (κ1) is 9.74. The fraction of sp³-hybridized carbons (Fsp3) is 1.00. The van der Waals surface area contributed by atoms with Gasteiger partial charge in [0.15, 0.2) is 0 Å². The second kappa shape index (κ2) is 3.80. The molecule has 0 N–H and O–H groups in total. The van der Waals surface area contributed by atoms with E-state index >= 15 is 0 Å². The van der Waals surface area contributed by atoms with Gasteiger partial charge in [-0.05, 0) is 6.66 Å². The molecule has 0 saturated carbocycles. The Balaban J connectivity index is 3.47. The minimum Gasteiger partial charge on any atom is -0.352 e. The van der Waals surface area contributed by atoms with E-state index < -0.39 is 0 Å². The van der Waals surface area contributed by atoms with Crippen molar-refractivity contribution in [2.75, 3.05) is 13.8 Å². The van der Waals surface area contributed by atoms with Gasteiger partial charge in [0.1, 0.15) is 0 Å². The van der Waals surface area contributed by atoms with E-state index in [1.807, 2.05) is 11.4 Å². The van der Waals surface area contributed by atoms with Crippen LogP contribution in [0.4, 0.5) is 0 Å². The molecule has 0 aromatic rings. The first-order valence-electron chi connectivity index (χ1n) is 2.92. The number of rotatable bonds is 2. The van der Waals surface area contributed by atoms with Crippen molar-refractivity contribution in [1.29, 1.82) is 0 Å². The van der Waals surface area contributed by atoms with E-state index in [9.17, 15) is 0 Å². The Morgan fingerprint density at radius 3 is 1.89 bits per heavy atom. The van der Waals surface area contributed by atoms with Crippen molar-refractivity contribution in [3.05, 3.63) is 0 Å². The smallest absolute Gasteiger partial charge is 0.0856 e. The highest BCUT2D eigenvalue weighted by molar-refractivity contribution is 8.54. The molecule has 56 valence electrons. The lowest BCUT2D eigenvalue weighted by molar-refractivity contribution is 0.475. The van der Waals surface area contributed by atoms with Gasteiger partial charge in [-0.3, -0.25) is 0 Å². The molecule has 0 aliphatic rings. The van der Waals surface area contributed by atoms with Crippen LogP contribution in [-0.2, 0) is 4.52 Å². The summed E-state index contributed by atoms with van der Waals surface area (Å²) in [5, 5.41) is 0. The molecule has 0 spiro atoms. The topological polar surface area (TPSA) is 9.23 Å². The highest BCUT2D eigenvalue weighted by Gasteiger charge is 2.14. The number of hydrogen-bond donors (Lipinski definition) is 0. The van der Waals surface area contributed by atoms with Gasteiger partial charge in [-0.1, -0.05) is 32.2 Å². The van der Waals surface area contributed by atoms with Gasteiger partial charge in [0, 0.05) is 11.9 Å². The van der Waals surface area contributed by atoms with E-state index in [0.717, 1.165) is 0 Å². The Labute approximate surface area is 63.1 Å². The monoisotopic (exact) mass is 166 g/mol. The van der Waals surface area contributed by atoms with E-state index in [0.29, 0.717) is 4.75 Å². The van der Waals surface area contributed by atoms with Gasteiger partial charge in [-0.15, -0.1) is 0 Å². The van der Waals surface area contributed by atoms with Crippen molar-refractivity contribution in [2.45, 2.75) is 25.5 Å². The molecule has 0 aromatic carbocycles.